The zero-order chi connectivity index (χ0) is 12.4. The van der Waals surface area contributed by atoms with Gasteiger partial charge < -0.3 is 4.90 Å². The molecule has 1 aliphatic heterocycles. The molecule has 0 amide bonds. The van der Waals surface area contributed by atoms with Crippen molar-refractivity contribution in [3.63, 3.8) is 0 Å². The highest BCUT2D eigenvalue weighted by molar-refractivity contribution is 8.00. The summed E-state index contributed by atoms with van der Waals surface area (Å²) in [5, 5.41) is 1.34. The molecule has 1 fully saturated rings. The summed E-state index contributed by atoms with van der Waals surface area (Å²) in [6.07, 6.45) is 0.911. The van der Waals surface area contributed by atoms with Gasteiger partial charge in [0.15, 0.2) is 0 Å². The molecular weight excluding hydrogens is 230 g/mol. The van der Waals surface area contributed by atoms with Crippen molar-refractivity contribution in [3.8, 4) is 0 Å². The van der Waals surface area contributed by atoms with E-state index in [-0.39, 0.29) is 0 Å². The number of benzene rings is 1. The van der Waals surface area contributed by atoms with E-state index in [0.29, 0.717) is 10.5 Å². The van der Waals surface area contributed by atoms with Crippen molar-refractivity contribution in [1.82, 2.24) is 0 Å². The van der Waals surface area contributed by atoms with Gasteiger partial charge in [0.2, 0.25) is 0 Å². The van der Waals surface area contributed by atoms with Crippen LogP contribution in [0.25, 0.3) is 0 Å². The van der Waals surface area contributed by atoms with E-state index in [2.05, 4.69) is 43.5 Å². The average Bonchev–Trinajstić information content (AvgIpc) is 2.27. The minimum atomic E-state index is 0.670. The minimum absolute atomic E-state index is 0.670. The van der Waals surface area contributed by atoms with Gasteiger partial charge in [-0.2, -0.15) is 11.8 Å². The van der Waals surface area contributed by atoms with Crippen molar-refractivity contribution in [2.75, 3.05) is 18.0 Å². The van der Waals surface area contributed by atoms with Gasteiger partial charge >= 0.3 is 0 Å². The third-order valence-corrected chi connectivity index (χ3v) is 4.34. The lowest BCUT2D eigenvalue weighted by Crippen LogP contribution is -2.40. The second kappa shape index (κ2) is 5.13. The molecule has 1 saturated heterocycles. The smallest absolute Gasteiger partial charge is 0.150 e. The molecule has 0 saturated carbocycles. The Labute approximate surface area is 107 Å². The van der Waals surface area contributed by atoms with Crippen LogP contribution in [0.5, 0.6) is 0 Å². The van der Waals surface area contributed by atoms with E-state index >= 15 is 0 Å². The van der Waals surface area contributed by atoms with Crippen molar-refractivity contribution in [1.29, 1.82) is 0 Å². The number of nitrogens with zero attached hydrogens (tertiary/aromatic N) is 1. The molecule has 17 heavy (non-hydrogen) atoms. The lowest BCUT2D eigenvalue weighted by molar-refractivity contribution is 0.112. The standard InChI is InChI=1S/C14H19NOS/c1-10-6-13(9-16)4-5-14(10)15-7-11(2)17-12(3)8-15/h4-6,9,11-12H,7-8H2,1-3H3. The number of anilines is 1. The van der Waals surface area contributed by atoms with Gasteiger partial charge in [-0.05, 0) is 30.7 Å². The largest absolute Gasteiger partial charge is 0.369 e. The SMILES string of the molecule is Cc1cc(C=O)ccc1N1CC(C)SC(C)C1. The average molecular weight is 249 g/mol. The highest BCUT2D eigenvalue weighted by atomic mass is 32.2. The molecule has 0 spiro atoms. The Balaban J connectivity index is 2.24. The van der Waals surface area contributed by atoms with Gasteiger partial charge in [0, 0.05) is 34.8 Å². The minimum Gasteiger partial charge on any atom is -0.369 e. The van der Waals surface area contributed by atoms with E-state index in [4.69, 9.17) is 0 Å². The maximum atomic E-state index is 10.7. The Bertz CT molecular complexity index is 409. The molecule has 1 heterocycles. The van der Waals surface area contributed by atoms with Crippen LogP contribution in [0.3, 0.4) is 0 Å². The lowest BCUT2D eigenvalue weighted by Gasteiger charge is -2.37. The summed E-state index contributed by atoms with van der Waals surface area (Å²) in [6.45, 7) is 8.83. The molecule has 0 N–H and O–H groups in total. The van der Waals surface area contributed by atoms with Gasteiger partial charge in [-0.3, -0.25) is 4.79 Å². The first-order chi connectivity index (χ1) is 8.10. The molecule has 0 bridgehead atoms. The topological polar surface area (TPSA) is 20.3 Å². The van der Waals surface area contributed by atoms with Gasteiger partial charge in [-0.1, -0.05) is 13.8 Å². The van der Waals surface area contributed by atoms with Crippen molar-refractivity contribution in [2.45, 2.75) is 31.3 Å². The first kappa shape index (κ1) is 12.5. The zero-order valence-corrected chi connectivity index (χ0v) is 11.5. The van der Waals surface area contributed by atoms with Gasteiger partial charge in [0.05, 0.1) is 0 Å². The number of rotatable bonds is 2. The predicted molar refractivity (Wildman–Crippen MR) is 75.3 cm³/mol. The number of hydrogen-bond acceptors (Lipinski definition) is 3. The molecule has 0 aliphatic carbocycles. The molecule has 1 aromatic rings. The number of carbonyl (C=O) groups is 1. The molecule has 92 valence electrons. The van der Waals surface area contributed by atoms with Crippen LogP contribution in [-0.4, -0.2) is 29.9 Å². The Hall–Kier alpha value is -0.960. The second-order valence-electron chi connectivity index (χ2n) is 4.83. The Morgan fingerprint density at radius 3 is 2.47 bits per heavy atom. The van der Waals surface area contributed by atoms with Crippen molar-refractivity contribution < 1.29 is 4.79 Å². The number of carbonyl (C=O) groups excluding carboxylic acids is 1. The summed E-state index contributed by atoms with van der Waals surface area (Å²) in [6, 6.07) is 5.96. The Kier molecular flexibility index (Phi) is 3.77. The number of aldehydes is 1. The summed E-state index contributed by atoms with van der Waals surface area (Å²) in [4.78, 5) is 13.2. The highest BCUT2D eigenvalue weighted by Crippen LogP contribution is 2.30. The quantitative estimate of drug-likeness (QED) is 0.751. The first-order valence-corrected chi connectivity index (χ1v) is 7.00. The molecular formula is C14H19NOS. The van der Waals surface area contributed by atoms with Crippen LogP contribution in [0, 0.1) is 6.92 Å². The lowest BCUT2D eigenvalue weighted by atomic mass is 10.1. The van der Waals surface area contributed by atoms with E-state index in [1.54, 1.807) is 0 Å². The van der Waals surface area contributed by atoms with Crippen LogP contribution in [0.1, 0.15) is 29.8 Å². The van der Waals surface area contributed by atoms with Crippen LogP contribution >= 0.6 is 11.8 Å². The molecule has 2 nitrogen and oxygen atoms in total. The summed E-state index contributed by atoms with van der Waals surface area (Å²) < 4.78 is 0. The Morgan fingerprint density at radius 2 is 1.94 bits per heavy atom. The van der Waals surface area contributed by atoms with Crippen LogP contribution in [0.4, 0.5) is 5.69 Å². The normalized spacial score (nSPS) is 24.8. The second-order valence-corrected chi connectivity index (χ2v) is 6.71. The van der Waals surface area contributed by atoms with Crippen LogP contribution in [-0.2, 0) is 0 Å². The number of thioether (sulfide) groups is 1. The summed E-state index contributed by atoms with van der Waals surface area (Å²) in [5.41, 5.74) is 3.23. The highest BCUT2D eigenvalue weighted by Gasteiger charge is 2.23. The monoisotopic (exact) mass is 249 g/mol. The van der Waals surface area contributed by atoms with Gasteiger partial charge in [0.1, 0.15) is 6.29 Å². The fourth-order valence-corrected chi connectivity index (χ4v) is 3.81. The van der Waals surface area contributed by atoms with Gasteiger partial charge in [-0.25, -0.2) is 0 Å². The molecule has 2 atom stereocenters. The molecule has 0 radical (unpaired) electrons. The number of aryl methyl sites for hydroxylation is 1. The first-order valence-electron chi connectivity index (χ1n) is 6.06. The third kappa shape index (κ3) is 2.83. The molecule has 0 aromatic heterocycles. The van der Waals surface area contributed by atoms with Gasteiger partial charge in [0.25, 0.3) is 0 Å². The Morgan fingerprint density at radius 1 is 1.29 bits per heavy atom. The van der Waals surface area contributed by atoms with Crippen LogP contribution < -0.4 is 4.90 Å². The van der Waals surface area contributed by atoms with Gasteiger partial charge in [-0.15, -0.1) is 0 Å². The van der Waals surface area contributed by atoms with Crippen molar-refractivity contribution in [3.05, 3.63) is 29.3 Å². The number of hydrogen-bond donors (Lipinski definition) is 0. The zero-order valence-electron chi connectivity index (χ0n) is 10.6. The van der Waals surface area contributed by atoms with E-state index in [1.807, 2.05) is 12.1 Å². The van der Waals surface area contributed by atoms with E-state index in [9.17, 15) is 4.79 Å². The van der Waals surface area contributed by atoms with Crippen molar-refractivity contribution >= 4 is 23.7 Å². The summed E-state index contributed by atoms with van der Waals surface area (Å²) in [5.74, 6) is 0. The maximum absolute atomic E-state index is 10.7. The summed E-state index contributed by atoms with van der Waals surface area (Å²) in [7, 11) is 0. The molecule has 1 aromatic carbocycles. The van der Waals surface area contributed by atoms with E-state index < -0.39 is 0 Å². The van der Waals surface area contributed by atoms with Crippen LogP contribution in [0.15, 0.2) is 18.2 Å². The van der Waals surface area contributed by atoms with Crippen LogP contribution in [0.2, 0.25) is 0 Å². The van der Waals surface area contributed by atoms with E-state index in [0.717, 1.165) is 24.9 Å². The molecule has 2 unspecified atom stereocenters. The fraction of sp³-hybridized carbons (Fsp3) is 0.500. The van der Waals surface area contributed by atoms with E-state index in [1.165, 1.54) is 11.3 Å². The maximum Gasteiger partial charge on any atom is 0.150 e. The molecule has 2 rings (SSSR count). The fourth-order valence-electron chi connectivity index (χ4n) is 2.48. The summed E-state index contributed by atoms with van der Waals surface area (Å²) >= 11 is 2.06. The van der Waals surface area contributed by atoms with Crippen molar-refractivity contribution in [2.24, 2.45) is 0 Å². The molecule has 3 heteroatoms. The third-order valence-electron chi connectivity index (χ3n) is 3.12. The molecule has 1 aliphatic rings. The predicted octanol–water partition coefficient (Wildman–Crippen LogP) is 3.14.